The Kier molecular flexibility index (Phi) is 16.7. The second-order valence-electron chi connectivity index (χ2n) is 4.89. The fraction of sp³-hybridized carbons (Fsp3) is 0.286. The third kappa shape index (κ3) is 77.1. The second kappa shape index (κ2) is 13.3. The van der Waals surface area contributed by atoms with E-state index in [2.05, 4.69) is 60.0 Å². The van der Waals surface area contributed by atoms with E-state index in [0.717, 1.165) is 0 Å². The molecule has 1 rings (SSSR count). The quantitative estimate of drug-likeness (QED) is 0.121. The van der Waals surface area contributed by atoms with E-state index in [0.29, 0.717) is 4.60 Å². The summed E-state index contributed by atoms with van der Waals surface area (Å²) in [4.78, 5) is 0. The summed E-state index contributed by atoms with van der Waals surface area (Å²) in [6.07, 6.45) is 10.0. The van der Waals surface area contributed by atoms with Gasteiger partial charge in [0.2, 0.25) is 0 Å². The van der Waals surface area contributed by atoms with Crippen LogP contribution in [0.4, 0.5) is 25.2 Å². The Morgan fingerprint density at radius 2 is 1.23 bits per heavy atom. The van der Waals surface area contributed by atoms with Crippen molar-refractivity contribution >= 4 is 20.5 Å². The van der Waals surface area contributed by atoms with Crippen LogP contribution in [0.5, 0.6) is 0 Å². The molecule has 1 radical (unpaired) electrons. The van der Waals surface area contributed by atoms with Crippen LogP contribution in [0.25, 0.3) is 0 Å². The molecule has 1 aliphatic carbocycles. The average Bonchev–Trinajstić information content (AvgIpc) is 3.04. The van der Waals surface area contributed by atoms with Gasteiger partial charge < -0.3 is 0 Å². The minimum Gasteiger partial charge on any atom is -0.0767 e. The summed E-state index contributed by atoms with van der Waals surface area (Å²) < 4.78 is 79.6. The van der Waals surface area contributed by atoms with Crippen LogP contribution in [-0.4, -0.2) is 19.8 Å². The molecule has 0 spiro atoms. The summed E-state index contributed by atoms with van der Waals surface area (Å²) in [5.41, 5.74) is 3.14. The van der Waals surface area contributed by atoms with Gasteiger partial charge >= 0.3 is 127 Å². The number of hydrogen-bond acceptors (Lipinski definition) is 1. The molecular formula is C14H17F6FeO3PSi. The Bertz CT molecular complexity index is 550. The topological polar surface area (TPSA) is 49.0 Å². The number of ether oxygens (including phenoxy) is 1. The molecule has 3 nitrogen and oxygen atoms in total. The minimum absolute atomic E-state index is 0.558. The van der Waals surface area contributed by atoms with E-state index in [1.807, 2.05) is 30.7 Å². The van der Waals surface area contributed by atoms with Crippen LogP contribution >= 0.6 is 7.81 Å². The maximum atomic E-state index is 9.87. The maximum Gasteiger partial charge on any atom is 0.00506 e. The van der Waals surface area contributed by atoms with Gasteiger partial charge in [-0.1, -0.05) is 24.3 Å². The van der Waals surface area contributed by atoms with E-state index in [1.165, 1.54) is 0 Å². The zero-order valence-corrected chi connectivity index (χ0v) is 17.2. The molecular weight excluding hydrogens is 445 g/mol. The summed E-state index contributed by atoms with van der Waals surface area (Å²) in [6, 6.07) is 0. The largest absolute Gasteiger partial charge is 0.0767 e. The van der Waals surface area contributed by atoms with E-state index < -0.39 is 15.9 Å². The molecule has 0 unspecified atom stereocenters. The molecule has 0 amide bonds. The zero-order chi connectivity index (χ0) is 22.1. The van der Waals surface area contributed by atoms with Gasteiger partial charge in [0.25, 0.3) is 0 Å². The number of halogens is 6. The molecule has 0 aliphatic heterocycles. The Hall–Kier alpha value is -0.904. The second-order valence-corrected chi connectivity index (χ2v) is 12.1. The molecule has 0 saturated carbocycles. The van der Waals surface area contributed by atoms with E-state index in [-0.39, 0.29) is 0 Å². The fourth-order valence-electron chi connectivity index (χ4n) is 0.607. The van der Waals surface area contributed by atoms with Crippen molar-refractivity contribution in [2.45, 2.75) is 19.6 Å². The van der Waals surface area contributed by atoms with Gasteiger partial charge in [0.05, 0.1) is 0 Å². The Balaban J connectivity index is -0.000000132. The first-order valence-corrected chi connectivity index (χ1v) is 12.2. The smallest absolute Gasteiger partial charge is 0.00506 e. The molecule has 12 heteroatoms. The van der Waals surface area contributed by atoms with Gasteiger partial charge in [0.15, 0.2) is 0 Å². The number of rotatable bonds is 1. The summed E-state index contributed by atoms with van der Waals surface area (Å²) in [6.45, 7) is 15.6. The maximum absolute atomic E-state index is 10.7. The van der Waals surface area contributed by atoms with Gasteiger partial charge in [-0.15, -0.1) is 0 Å². The van der Waals surface area contributed by atoms with Crippen molar-refractivity contribution in [3.8, 4) is 11.5 Å². The Morgan fingerprint density at radius 3 is 1.38 bits per heavy atom. The van der Waals surface area contributed by atoms with Crippen molar-refractivity contribution in [3.63, 3.8) is 0 Å². The van der Waals surface area contributed by atoms with Crippen LogP contribution in [0.2, 0.25) is 19.6 Å². The predicted molar refractivity (Wildman–Crippen MR) is 87.1 cm³/mol. The van der Waals surface area contributed by atoms with Crippen molar-refractivity contribution in [3.05, 3.63) is 44.0 Å². The van der Waals surface area contributed by atoms with Crippen LogP contribution in [0.15, 0.2) is 24.3 Å². The predicted octanol–water partition coefficient (Wildman–Crippen LogP) is 5.81. The zero-order valence-electron chi connectivity index (χ0n) is 14.2. The van der Waals surface area contributed by atoms with Crippen molar-refractivity contribution in [1.82, 2.24) is 0 Å². The van der Waals surface area contributed by atoms with Gasteiger partial charge in [-0.3, -0.25) is 0 Å². The van der Waals surface area contributed by atoms with E-state index >= 15 is 0 Å². The molecule has 26 heavy (non-hydrogen) atoms. The van der Waals surface area contributed by atoms with Gasteiger partial charge in [0.1, 0.15) is 0 Å². The van der Waals surface area contributed by atoms with Crippen LogP contribution in [-0.2, 0) is 29.6 Å². The van der Waals surface area contributed by atoms with Crippen molar-refractivity contribution in [2.75, 3.05) is 7.11 Å². The first-order chi connectivity index (χ1) is 11.4. The molecule has 0 bridgehead atoms. The van der Waals surface area contributed by atoms with E-state index in [4.69, 9.17) is 14.0 Å². The summed E-state index contributed by atoms with van der Waals surface area (Å²) in [5.74, 6) is 2.87. The minimum atomic E-state index is -10.7. The molecule has 0 heterocycles. The first-order valence-electron chi connectivity index (χ1n) is 6.13. The fourth-order valence-corrected chi connectivity index (χ4v) is 1.28. The van der Waals surface area contributed by atoms with E-state index in [9.17, 15) is 25.2 Å². The van der Waals surface area contributed by atoms with Crippen LogP contribution in [0.1, 0.15) is 0 Å². The van der Waals surface area contributed by atoms with Crippen molar-refractivity contribution in [2.24, 2.45) is 0 Å². The van der Waals surface area contributed by atoms with Gasteiger partial charge in [-0.05, 0) is 0 Å². The summed E-state index contributed by atoms with van der Waals surface area (Å²) >= 11 is 3.60. The molecule has 0 atom stereocenters. The number of hydrogen-bond donors (Lipinski definition) is 0. The Morgan fingerprint density at radius 1 is 0.923 bits per heavy atom. The third-order valence-electron chi connectivity index (χ3n) is 1.26. The van der Waals surface area contributed by atoms with Crippen LogP contribution < -0.4 is 0 Å². The standard InChI is InChI=1S/C7H12OSi.C5H5.2CO.F6P.Fe/c1-8-6-5-7-9(2,3)4;1-2-4-5-3-1;2*1-2;1-7(2,3,4,5)6;/h1-4H3;1-5H;;;;/q;;;;-1;+1. The monoisotopic (exact) mass is 462 g/mol. The third-order valence-corrected chi connectivity index (χ3v) is 2.50. The molecule has 0 aromatic carbocycles. The molecule has 0 fully saturated rings. The average molecular weight is 462 g/mol. The van der Waals surface area contributed by atoms with Crippen molar-refractivity contribution in [1.29, 1.82) is 0 Å². The van der Waals surface area contributed by atoms with Crippen LogP contribution in [0, 0.1) is 31.2 Å². The molecule has 1 aliphatic rings. The Labute approximate surface area is 157 Å². The van der Waals surface area contributed by atoms with Crippen LogP contribution in [0.3, 0.4) is 0 Å². The first kappa shape index (κ1) is 32.7. The van der Waals surface area contributed by atoms with E-state index in [1.54, 1.807) is 7.11 Å². The summed E-state index contributed by atoms with van der Waals surface area (Å²) in [7, 11) is -10.3. The van der Waals surface area contributed by atoms with Gasteiger partial charge in [0, 0.05) is 6.42 Å². The molecule has 0 N–H and O–H groups in total. The number of methoxy groups -OCH3 is 1. The molecule has 0 aromatic rings. The molecule has 150 valence electrons. The van der Waals surface area contributed by atoms with Crippen molar-refractivity contribution < 1.29 is 54.8 Å². The van der Waals surface area contributed by atoms with Gasteiger partial charge in [-0.2, -0.15) is 0 Å². The molecule has 0 saturated heterocycles. The SMILES string of the molecule is CO[C](=[Fe+])C#C[Si](C)(C)C.F[P-](F)(F)(F)(F)F.[C-]#[O+].[C-]#[O+].[CH]1C=CC=C1. The number of allylic oxidation sites excluding steroid dienone is 4. The molecule has 0 aromatic heterocycles. The normalized spacial score (nSPS) is 13.6. The van der Waals surface area contributed by atoms with Gasteiger partial charge in [-0.25, -0.2) is 0 Å². The summed E-state index contributed by atoms with van der Waals surface area (Å²) in [5, 5.41) is 0.